The Hall–Kier alpha value is -2.01. The molecule has 0 bridgehead atoms. The lowest BCUT2D eigenvalue weighted by Gasteiger charge is -2.31. The van der Waals surface area contributed by atoms with E-state index in [1.54, 1.807) is 22.5 Å². The molecule has 2 aromatic carbocycles. The Bertz CT molecular complexity index is 917. The van der Waals surface area contributed by atoms with Crippen molar-refractivity contribution in [3.63, 3.8) is 0 Å². The molecule has 5 heteroatoms. The van der Waals surface area contributed by atoms with Crippen LogP contribution in [0, 0.1) is 6.92 Å². The fraction of sp³-hybridized carbons (Fsp3) is 0.455. The molecule has 0 atom stereocenters. The number of aryl methyl sites for hydroxylation is 2. The first-order chi connectivity index (χ1) is 13.0. The van der Waals surface area contributed by atoms with Gasteiger partial charge in [0.05, 0.1) is 16.7 Å². The molecule has 4 rings (SSSR count). The zero-order chi connectivity index (χ0) is 18.9. The molecule has 1 aliphatic carbocycles. The summed E-state index contributed by atoms with van der Waals surface area (Å²) in [6, 6.07) is 13.0. The van der Waals surface area contributed by atoms with Crippen LogP contribution in [0.15, 0.2) is 47.4 Å². The van der Waals surface area contributed by atoms with Crippen molar-refractivity contribution < 1.29 is 13.2 Å². The topological polar surface area (TPSA) is 46.6 Å². The second-order valence-corrected chi connectivity index (χ2v) is 9.53. The number of hydrogen-bond donors (Lipinski definition) is 0. The molecule has 0 aromatic heterocycles. The number of nitrogens with zero attached hydrogens (tertiary/aromatic N) is 1. The minimum absolute atomic E-state index is 0.299. The van der Waals surface area contributed by atoms with Gasteiger partial charge in [0.1, 0.15) is 5.75 Å². The van der Waals surface area contributed by atoms with Gasteiger partial charge in [-0.15, -0.1) is 0 Å². The highest BCUT2D eigenvalue weighted by atomic mass is 32.2. The van der Waals surface area contributed by atoms with Crippen molar-refractivity contribution >= 4 is 15.7 Å². The summed E-state index contributed by atoms with van der Waals surface area (Å²) in [5.74, 6) is 0.871. The van der Waals surface area contributed by atoms with Crippen LogP contribution in [-0.4, -0.2) is 21.1 Å². The van der Waals surface area contributed by atoms with Gasteiger partial charge in [0.15, 0.2) is 0 Å². The third kappa shape index (κ3) is 3.84. The van der Waals surface area contributed by atoms with Gasteiger partial charge in [0, 0.05) is 6.54 Å². The van der Waals surface area contributed by atoms with Crippen molar-refractivity contribution in [2.75, 3.05) is 10.8 Å². The third-order valence-corrected chi connectivity index (χ3v) is 7.37. The van der Waals surface area contributed by atoms with Gasteiger partial charge in [-0.1, -0.05) is 18.6 Å². The highest BCUT2D eigenvalue weighted by Gasteiger charge is 2.29. The number of sulfonamides is 1. The maximum absolute atomic E-state index is 13.2. The minimum atomic E-state index is -3.55. The van der Waals surface area contributed by atoms with Crippen molar-refractivity contribution in [2.24, 2.45) is 0 Å². The third-order valence-electron chi connectivity index (χ3n) is 5.56. The summed E-state index contributed by atoms with van der Waals surface area (Å²) < 4.78 is 34.1. The molecule has 4 nitrogen and oxygen atoms in total. The molecule has 2 aliphatic rings. The van der Waals surface area contributed by atoms with Gasteiger partial charge < -0.3 is 4.74 Å². The standard InChI is InChI=1S/C22H27NO3S/c1-17-7-5-11-21(15-17)27(24,25)23-14-6-8-18-16-20(12-13-22(18)23)26-19-9-3-2-4-10-19/h5,7,11-13,15-16,19H,2-4,6,8-10,14H2,1H3. The Morgan fingerprint density at radius 1 is 1.00 bits per heavy atom. The van der Waals surface area contributed by atoms with Crippen LogP contribution >= 0.6 is 0 Å². The molecular weight excluding hydrogens is 358 g/mol. The molecule has 144 valence electrons. The van der Waals surface area contributed by atoms with Crippen LogP contribution in [0.3, 0.4) is 0 Å². The van der Waals surface area contributed by atoms with Crippen molar-refractivity contribution in [3.05, 3.63) is 53.6 Å². The van der Waals surface area contributed by atoms with Gasteiger partial charge in [-0.05, 0) is 86.9 Å². The number of benzene rings is 2. The summed E-state index contributed by atoms with van der Waals surface area (Å²) in [5, 5.41) is 0. The van der Waals surface area contributed by atoms with Crippen LogP contribution in [0.1, 0.15) is 49.7 Å². The summed E-state index contributed by atoms with van der Waals surface area (Å²) >= 11 is 0. The number of hydrogen-bond acceptors (Lipinski definition) is 3. The first-order valence-corrected chi connectivity index (χ1v) is 11.4. The molecule has 1 fully saturated rings. The van der Waals surface area contributed by atoms with Crippen LogP contribution in [0.2, 0.25) is 0 Å². The van der Waals surface area contributed by atoms with E-state index in [0.717, 1.165) is 48.2 Å². The van der Waals surface area contributed by atoms with Crippen molar-refractivity contribution in [1.29, 1.82) is 0 Å². The van der Waals surface area contributed by atoms with Crippen LogP contribution in [-0.2, 0) is 16.4 Å². The van der Waals surface area contributed by atoms with Gasteiger partial charge in [0.25, 0.3) is 10.0 Å². The summed E-state index contributed by atoms with van der Waals surface area (Å²) in [4.78, 5) is 0.359. The minimum Gasteiger partial charge on any atom is -0.490 e. The molecule has 27 heavy (non-hydrogen) atoms. The number of anilines is 1. The van der Waals surface area contributed by atoms with Crippen LogP contribution in [0.4, 0.5) is 5.69 Å². The Balaban J connectivity index is 1.61. The smallest absolute Gasteiger partial charge is 0.264 e. The van der Waals surface area contributed by atoms with Gasteiger partial charge in [-0.3, -0.25) is 4.31 Å². The normalized spacial score (nSPS) is 18.2. The summed E-state index contributed by atoms with van der Waals surface area (Å²) in [7, 11) is -3.55. The molecule has 0 saturated heterocycles. The van der Waals surface area contributed by atoms with Crippen LogP contribution in [0.25, 0.3) is 0 Å². The zero-order valence-corrected chi connectivity index (χ0v) is 16.7. The molecule has 1 aliphatic heterocycles. The maximum Gasteiger partial charge on any atom is 0.264 e. The lowest BCUT2D eigenvalue weighted by molar-refractivity contribution is 0.155. The quantitative estimate of drug-likeness (QED) is 0.756. The number of fused-ring (bicyclic) bond motifs is 1. The van der Waals surface area contributed by atoms with E-state index >= 15 is 0 Å². The second-order valence-electron chi connectivity index (χ2n) is 7.67. The average molecular weight is 386 g/mol. The lowest BCUT2D eigenvalue weighted by atomic mass is 9.97. The lowest BCUT2D eigenvalue weighted by Crippen LogP contribution is -2.35. The first kappa shape index (κ1) is 18.4. The fourth-order valence-electron chi connectivity index (χ4n) is 4.14. The van der Waals surface area contributed by atoms with E-state index in [1.165, 1.54) is 19.3 Å². The van der Waals surface area contributed by atoms with E-state index in [0.29, 0.717) is 17.5 Å². The van der Waals surface area contributed by atoms with Crippen molar-refractivity contribution in [1.82, 2.24) is 0 Å². The second kappa shape index (κ2) is 7.55. The molecule has 0 amide bonds. The largest absolute Gasteiger partial charge is 0.490 e. The molecule has 1 saturated carbocycles. The first-order valence-electron chi connectivity index (χ1n) is 9.93. The Labute approximate surface area is 162 Å². The summed E-state index contributed by atoms with van der Waals surface area (Å²) in [5.41, 5.74) is 2.80. The van der Waals surface area contributed by atoms with Gasteiger partial charge in [-0.2, -0.15) is 0 Å². The fourth-order valence-corrected chi connectivity index (χ4v) is 5.79. The molecular formula is C22H27NO3S. The highest BCUT2D eigenvalue weighted by Crippen LogP contribution is 2.35. The molecule has 0 radical (unpaired) electrons. The van der Waals surface area contributed by atoms with Crippen LogP contribution in [0.5, 0.6) is 5.75 Å². The average Bonchev–Trinajstić information content (AvgIpc) is 2.68. The maximum atomic E-state index is 13.2. The predicted octanol–water partition coefficient (Wildman–Crippen LogP) is 4.85. The van der Waals surface area contributed by atoms with Gasteiger partial charge in [-0.25, -0.2) is 8.42 Å². The van der Waals surface area contributed by atoms with Crippen LogP contribution < -0.4 is 9.04 Å². The Morgan fingerprint density at radius 2 is 1.81 bits per heavy atom. The van der Waals surface area contributed by atoms with Crippen molar-refractivity contribution in [2.45, 2.75) is 62.9 Å². The monoisotopic (exact) mass is 385 g/mol. The predicted molar refractivity (Wildman–Crippen MR) is 108 cm³/mol. The Morgan fingerprint density at radius 3 is 2.59 bits per heavy atom. The van der Waals surface area contributed by atoms with Gasteiger partial charge in [0.2, 0.25) is 0 Å². The van der Waals surface area contributed by atoms with E-state index in [2.05, 4.69) is 0 Å². The molecule has 0 N–H and O–H groups in total. The van der Waals surface area contributed by atoms with E-state index in [-0.39, 0.29) is 0 Å². The molecule has 0 spiro atoms. The SMILES string of the molecule is Cc1cccc(S(=O)(=O)N2CCCc3cc(OC4CCCCC4)ccc32)c1. The zero-order valence-electron chi connectivity index (χ0n) is 15.9. The highest BCUT2D eigenvalue weighted by molar-refractivity contribution is 7.92. The van der Waals surface area contributed by atoms with E-state index in [4.69, 9.17) is 4.74 Å². The number of rotatable bonds is 4. The molecule has 1 heterocycles. The van der Waals surface area contributed by atoms with Gasteiger partial charge >= 0.3 is 0 Å². The Kier molecular flexibility index (Phi) is 5.13. The van der Waals surface area contributed by atoms with E-state index < -0.39 is 10.0 Å². The molecule has 0 unspecified atom stereocenters. The molecule has 2 aromatic rings. The van der Waals surface area contributed by atoms with Crippen molar-refractivity contribution in [3.8, 4) is 5.75 Å². The van der Waals surface area contributed by atoms with E-state index in [9.17, 15) is 8.42 Å². The summed E-state index contributed by atoms with van der Waals surface area (Å²) in [6.45, 7) is 2.43. The van der Waals surface area contributed by atoms with E-state index in [1.807, 2.05) is 31.2 Å². The summed E-state index contributed by atoms with van der Waals surface area (Å²) in [6.07, 6.45) is 8.01. The number of ether oxygens (including phenoxy) is 1.